The molecule has 2 rings (SSSR count). The maximum absolute atomic E-state index is 8.86. The lowest BCUT2D eigenvalue weighted by atomic mass is 9.96. The number of fused-ring (bicyclic) bond motifs is 1. The molecule has 72 valence electrons. The Labute approximate surface area is 89.7 Å². The van der Waals surface area contributed by atoms with Crippen molar-refractivity contribution in [1.82, 2.24) is 0 Å². The van der Waals surface area contributed by atoms with Crippen LogP contribution in [0, 0.1) is 11.3 Å². The van der Waals surface area contributed by atoms with Crippen molar-refractivity contribution in [3.8, 4) is 6.07 Å². The van der Waals surface area contributed by atoms with Crippen LogP contribution in [0.3, 0.4) is 0 Å². The van der Waals surface area contributed by atoms with Crippen molar-refractivity contribution in [3.05, 3.63) is 65.3 Å². The zero-order chi connectivity index (χ0) is 10.7. The van der Waals surface area contributed by atoms with Crippen molar-refractivity contribution in [2.24, 2.45) is 0 Å². The van der Waals surface area contributed by atoms with Crippen LogP contribution in [-0.4, -0.2) is 0 Å². The molecule has 0 heterocycles. The topological polar surface area (TPSA) is 23.8 Å². The van der Waals surface area contributed by atoms with E-state index in [-0.39, 0.29) is 0 Å². The summed E-state index contributed by atoms with van der Waals surface area (Å²) in [6, 6.07) is 10.3. The van der Waals surface area contributed by atoms with Gasteiger partial charge in [-0.3, -0.25) is 0 Å². The van der Waals surface area contributed by atoms with Crippen LogP contribution in [0.2, 0.25) is 0 Å². The maximum Gasteiger partial charge on any atom is 0.0991 e. The minimum Gasteiger partial charge on any atom is -0.192 e. The molecule has 0 saturated heterocycles. The zero-order valence-corrected chi connectivity index (χ0v) is 8.40. The minimum absolute atomic E-state index is 0.662. The molecule has 0 aliphatic heterocycles. The molecule has 0 fully saturated rings. The summed E-state index contributed by atoms with van der Waals surface area (Å²) >= 11 is 0. The van der Waals surface area contributed by atoms with Crippen molar-refractivity contribution >= 4 is 6.08 Å². The van der Waals surface area contributed by atoms with Gasteiger partial charge in [0.2, 0.25) is 0 Å². The van der Waals surface area contributed by atoms with Gasteiger partial charge < -0.3 is 0 Å². The highest BCUT2D eigenvalue weighted by Crippen LogP contribution is 2.19. The molecule has 1 aromatic carbocycles. The first-order valence-electron chi connectivity index (χ1n) is 4.85. The standard InChI is InChI=1S/C14H11N/c1-11-8-12(10-15)6-7-13-4-2-3-5-14(13)9-11/h2-8H,1,9H2/b7-6-,12-8+. The van der Waals surface area contributed by atoms with E-state index in [0.29, 0.717) is 5.57 Å². The van der Waals surface area contributed by atoms with E-state index < -0.39 is 0 Å². The predicted molar refractivity (Wildman–Crippen MR) is 62.0 cm³/mol. The van der Waals surface area contributed by atoms with Gasteiger partial charge in [-0.05, 0) is 35.3 Å². The largest absolute Gasteiger partial charge is 0.192 e. The van der Waals surface area contributed by atoms with Gasteiger partial charge in [-0.1, -0.05) is 36.9 Å². The van der Waals surface area contributed by atoms with Gasteiger partial charge in [-0.15, -0.1) is 0 Å². The molecule has 0 aromatic heterocycles. The number of rotatable bonds is 0. The summed E-state index contributed by atoms with van der Waals surface area (Å²) in [6.07, 6.45) is 6.47. The highest BCUT2D eigenvalue weighted by molar-refractivity contribution is 5.61. The lowest BCUT2D eigenvalue weighted by molar-refractivity contribution is 1.19. The quantitative estimate of drug-likeness (QED) is 0.620. The molecule has 1 nitrogen and oxygen atoms in total. The fourth-order valence-electron chi connectivity index (χ4n) is 1.67. The van der Waals surface area contributed by atoms with E-state index in [0.717, 1.165) is 12.0 Å². The third-order valence-electron chi connectivity index (χ3n) is 2.40. The molecule has 1 aliphatic carbocycles. The smallest absolute Gasteiger partial charge is 0.0991 e. The SMILES string of the molecule is C=C1/C=C(C#N)\C=C/c2ccccc2C1. The first-order valence-corrected chi connectivity index (χ1v) is 4.85. The summed E-state index contributed by atoms with van der Waals surface area (Å²) in [5.41, 5.74) is 4.06. The molecule has 0 amide bonds. The number of nitrogens with zero attached hydrogens (tertiary/aromatic N) is 1. The van der Waals surface area contributed by atoms with Gasteiger partial charge in [0.1, 0.15) is 0 Å². The summed E-state index contributed by atoms with van der Waals surface area (Å²) in [6.45, 7) is 3.95. The van der Waals surface area contributed by atoms with Gasteiger partial charge in [0.05, 0.1) is 11.6 Å². The molecule has 0 radical (unpaired) electrons. The Morgan fingerprint density at radius 1 is 1.20 bits per heavy atom. The number of benzene rings is 1. The second-order valence-electron chi connectivity index (χ2n) is 3.58. The van der Waals surface area contributed by atoms with Gasteiger partial charge in [-0.25, -0.2) is 0 Å². The lowest BCUT2D eigenvalue weighted by Crippen LogP contribution is -1.93. The monoisotopic (exact) mass is 193 g/mol. The highest BCUT2D eigenvalue weighted by atomic mass is 14.2. The molecule has 1 aromatic rings. The van der Waals surface area contributed by atoms with E-state index in [1.807, 2.05) is 30.4 Å². The van der Waals surface area contributed by atoms with Crippen molar-refractivity contribution < 1.29 is 0 Å². The van der Waals surface area contributed by atoms with Crippen LogP contribution in [-0.2, 0) is 6.42 Å². The predicted octanol–water partition coefficient (Wildman–Crippen LogP) is 3.26. The first-order chi connectivity index (χ1) is 7.29. The molecule has 0 spiro atoms. The van der Waals surface area contributed by atoms with Crippen LogP contribution in [0.15, 0.2) is 54.1 Å². The van der Waals surface area contributed by atoms with Crippen molar-refractivity contribution in [2.75, 3.05) is 0 Å². The maximum atomic E-state index is 8.86. The van der Waals surface area contributed by atoms with Gasteiger partial charge in [0.15, 0.2) is 0 Å². The van der Waals surface area contributed by atoms with Gasteiger partial charge >= 0.3 is 0 Å². The van der Waals surface area contributed by atoms with Gasteiger partial charge in [-0.2, -0.15) is 5.26 Å². The average molecular weight is 193 g/mol. The molecule has 0 N–H and O–H groups in total. The molecule has 1 heteroatoms. The molecule has 0 saturated carbocycles. The molecule has 0 bridgehead atoms. The van der Waals surface area contributed by atoms with Crippen LogP contribution in [0.4, 0.5) is 0 Å². The third kappa shape index (κ3) is 2.05. The average Bonchev–Trinajstić information content (AvgIpc) is 2.23. The van der Waals surface area contributed by atoms with Gasteiger partial charge in [0, 0.05) is 0 Å². The highest BCUT2D eigenvalue weighted by Gasteiger charge is 2.04. The van der Waals surface area contributed by atoms with E-state index in [4.69, 9.17) is 5.26 Å². The third-order valence-corrected chi connectivity index (χ3v) is 2.40. The zero-order valence-electron chi connectivity index (χ0n) is 8.40. The molecule has 1 aliphatic rings. The second-order valence-corrected chi connectivity index (χ2v) is 3.58. The molecular weight excluding hydrogens is 182 g/mol. The Bertz CT molecular complexity index is 498. The molecular formula is C14H11N. The summed E-state index contributed by atoms with van der Waals surface area (Å²) < 4.78 is 0. The van der Waals surface area contributed by atoms with Gasteiger partial charge in [0.25, 0.3) is 0 Å². The summed E-state index contributed by atoms with van der Waals surface area (Å²) in [5, 5.41) is 8.86. The van der Waals surface area contributed by atoms with E-state index in [2.05, 4.69) is 24.8 Å². The van der Waals surface area contributed by atoms with Crippen molar-refractivity contribution in [2.45, 2.75) is 6.42 Å². The number of allylic oxidation sites excluding steroid dienone is 4. The van der Waals surface area contributed by atoms with E-state index >= 15 is 0 Å². The van der Waals surface area contributed by atoms with Crippen LogP contribution >= 0.6 is 0 Å². The summed E-state index contributed by atoms with van der Waals surface area (Å²) in [5.74, 6) is 0. The molecule has 0 unspecified atom stereocenters. The Balaban J connectivity index is 2.50. The lowest BCUT2D eigenvalue weighted by Gasteiger charge is -2.08. The Morgan fingerprint density at radius 3 is 2.80 bits per heavy atom. The minimum atomic E-state index is 0.662. The second kappa shape index (κ2) is 3.98. The summed E-state index contributed by atoms with van der Waals surface area (Å²) in [4.78, 5) is 0. The Kier molecular flexibility index (Phi) is 2.51. The summed E-state index contributed by atoms with van der Waals surface area (Å²) in [7, 11) is 0. The number of hydrogen-bond donors (Lipinski definition) is 0. The van der Waals surface area contributed by atoms with Crippen molar-refractivity contribution in [3.63, 3.8) is 0 Å². The fourth-order valence-corrected chi connectivity index (χ4v) is 1.67. The van der Waals surface area contributed by atoms with Crippen LogP contribution in [0.1, 0.15) is 11.1 Å². The first kappa shape index (κ1) is 9.48. The Morgan fingerprint density at radius 2 is 2.00 bits per heavy atom. The number of nitriles is 1. The van der Waals surface area contributed by atoms with Crippen molar-refractivity contribution in [1.29, 1.82) is 5.26 Å². The van der Waals surface area contributed by atoms with Crippen LogP contribution in [0.25, 0.3) is 6.08 Å². The van der Waals surface area contributed by atoms with E-state index in [1.54, 1.807) is 0 Å². The van der Waals surface area contributed by atoms with Crippen LogP contribution in [0.5, 0.6) is 0 Å². The van der Waals surface area contributed by atoms with E-state index in [1.165, 1.54) is 11.1 Å². The van der Waals surface area contributed by atoms with E-state index in [9.17, 15) is 0 Å². The Hall–Kier alpha value is -2.07. The van der Waals surface area contributed by atoms with Crippen LogP contribution < -0.4 is 0 Å². The molecule has 0 atom stereocenters. The molecule has 15 heavy (non-hydrogen) atoms. The normalized spacial score (nSPS) is 20.2. The fraction of sp³-hybridized carbons (Fsp3) is 0.0714. The number of hydrogen-bond acceptors (Lipinski definition) is 1.